The molecular weight excluding hydrogens is 220 g/mol. The fourth-order valence-electron chi connectivity index (χ4n) is 1.75. The molecule has 5 nitrogen and oxygen atoms in total. The molecule has 1 aliphatic rings. The van der Waals surface area contributed by atoms with Gasteiger partial charge in [0.05, 0.1) is 18.7 Å². The number of fused-ring (bicyclic) bond motifs is 1. The van der Waals surface area contributed by atoms with Gasteiger partial charge in [-0.3, -0.25) is 4.79 Å². The summed E-state index contributed by atoms with van der Waals surface area (Å²) in [6, 6.07) is 3.55. The number of hydrogen-bond acceptors (Lipinski definition) is 4. The monoisotopic (exact) mass is 236 g/mol. The first-order chi connectivity index (χ1) is 8.20. The van der Waals surface area contributed by atoms with E-state index in [1.165, 1.54) is 0 Å². The molecule has 0 saturated heterocycles. The predicted octanol–water partition coefficient (Wildman–Crippen LogP) is 1.18. The van der Waals surface area contributed by atoms with E-state index in [9.17, 15) is 4.79 Å². The highest BCUT2D eigenvalue weighted by Gasteiger charge is 2.19. The maximum Gasteiger partial charge on any atom is 0.228 e. The number of anilines is 2. The van der Waals surface area contributed by atoms with E-state index < -0.39 is 0 Å². The van der Waals surface area contributed by atoms with Gasteiger partial charge in [0.15, 0.2) is 0 Å². The van der Waals surface area contributed by atoms with Gasteiger partial charge in [-0.15, -0.1) is 0 Å². The first-order valence-electron chi connectivity index (χ1n) is 5.63. The van der Waals surface area contributed by atoms with Crippen molar-refractivity contribution >= 4 is 17.3 Å². The molecular formula is C12H16N2O3. The van der Waals surface area contributed by atoms with Crippen molar-refractivity contribution in [2.45, 2.75) is 13.3 Å². The largest absolute Gasteiger partial charge is 0.489 e. The van der Waals surface area contributed by atoms with Gasteiger partial charge in [0, 0.05) is 18.4 Å². The number of carbonyl (C=O) groups excluding carboxylic acids is 1. The summed E-state index contributed by atoms with van der Waals surface area (Å²) in [5.74, 6) is 0.580. The zero-order chi connectivity index (χ0) is 12.3. The van der Waals surface area contributed by atoms with Gasteiger partial charge in [-0.25, -0.2) is 0 Å². The van der Waals surface area contributed by atoms with E-state index in [0.717, 1.165) is 11.3 Å². The average Bonchev–Trinajstić information content (AvgIpc) is 2.63. The van der Waals surface area contributed by atoms with E-state index in [-0.39, 0.29) is 5.91 Å². The third-order valence-corrected chi connectivity index (χ3v) is 2.55. The maximum absolute atomic E-state index is 11.2. The molecule has 1 amide bonds. The number of benzene rings is 1. The van der Waals surface area contributed by atoms with E-state index in [1.54, 1.807) is 12.1 Å². The highest BCUT2D eigenvalue weighted by atomic mass is 16.5. The van der Waals surface area contributed by atoms with Crippen molar-refractivity contribution in [2.75, 3.05) is 30.9 Å². The van der Waals surface area contributed by atoms with Crippen LogP contribution in [-0.2, 0) is 16.0 Å². The highest BCUT2D eigenvalue weighted by Crippen LogP contribution is 2.32. The molecule has 5 heteroatoms. The molecule has 0 aromatic heterocycles. The lowest BCUT2D eigenvalue weighted by Crippen LogP contribution is -2.08. The number of amides is 1. The lowest BCUT2D eigenvalue weighted by molar-refractivity contribution is -0.115. The molecule has 92 valence electrons. The van der Waals surface area contributed by atoms with E-state index in [4.69, 9.17) is 15.2 Å². The molecule has 0 bridgehead atoms. The van der Waals surface area contributed by atoms with Gasteiger partial charge in [-0.2, -0.15) is 0 Å². The Balaban J connectivity index is 2.03. The lowest BCUT2D eigenvalue weighted by atomic mass is 10.1. The minimum absolute atomic E-state index is 0.00846. The summed E-state index contributed by atoms with van der Waals surface area (Å²) in [7, 11) is 0. The number of hydrogen-bond donors (Lipinski definition) is 2. The second-order valence-corrected chi connectivity index (χ2v) is 3.82. The van der Waals surface area contributed by atoms with Crippen LogP contribution in [-0.4, -0.2) is 25.7 Å². The smallest absolute Gasteiger partial charge is 0.228 e. The molecule has 0 fully saturated rings. The Labute approximate surface area is 99.9 Å². The Morgan fingerprint density at radius 1 is 1.41 bits per heavy atom. The molecule has 1 aliphatic heterocycles. The Bertz CT molecular complexity index is 432. The molecule has 2 rings (SSSR count). The van der Waals surface area contributed by atoms with Gasteiger partial charge in [0.25, 0.3) is 0 Å². The summed E-state index contributed by atoms with van der Waals surface area (Å²) < 4.78 is 10.7. The molecule has 0 saturated carbocycles. The zero-order valence-corrected chi connectivity index (χ0v) is 9.79. The molecule has 1 aromatic carbocycles. The van der Waals surface area contributed by atoms with E-state index >= 15 is 0 Å². The van der Waals surface area contributed by atoms with Crippen LogP contribution in [0.2, 0.25) is 0 Å². The van der Waals surface area contributed by atoms with Crippen LogP contribution in [0, 0.1) is 0 Å². The first kappa shape index (κ1) is 11.7. The SMILES string of the molecule is CCOCCOc1cc2c(cc1N)CC(=O)N2. The molecule has 17 heavy (non-hydrogen) atoms. The Hall–Kier alpha value is -1.75. The van der Waals surface area contributed by atoms with Gasteiger partial charge in [0.1, 0.15) is 12.4 Å². The molecule has 0 spiro atoms. The number of nitrogens with two attached hydrogens (primary N) is 1. The van der Waals surface area contributed by atoms with E-state index in [1.807, 2.05) is 6.92 Å². The van der Waals surface area contributed by atoms with Crippen molar-refractivity contribution in [1.29, 1.82) is 0 Å². The van der Waals surface area contributed by atoms with Gasteiger partial charge >= 0.3 is 0 Å². The average molecular weight is 236 g/mol. The number of rotatable bonds is 5. The summed E-state index contributed by atoms with van der Waals surface area (Å²) in [6.07, 6.45) is 0.388. The molecule has 3 N–H and O–H groups in total. The zero-order valence-electron chi connectivity index (χ0n) is 9.79. The number of carbonyl (C=O) groups is 1. The number of nitrogens with one attached hydrogen (secondary N) is 1. The van der Waals surface area contributed by atoms with Crippen LogP contribution in [0.3, 0.4) is 0 Å². The van der Waals surface area contributed by atoms with Gasteiger partial charge in [-0.05, 0) is 18.6 Å². The molecule has 1 aromatic rings. The summed E-state index contributed by atoms with van der Waals surface area (Å²) >= 11 is 0. The summed E-state index contributed by atoms with van der Waals surface area (Å²) in [5, 5.41) is 2.76. The number of ether oxygens (including phenoxy) is 2. The Kier molecular flexibility index (Phi) is 3.49. The van der Waals surface area contributed by atoms with Crippen molar-refractivity contribution in [3.63, 3.8) is 0 Å². The van der Waals surface area contributed by atoms with Crippen LogP contribution >= 0.6 is 0 Å². The molecule has 0 radical (unpaired) electrons. The minimum Gasteiger partial charge on any atom is -0.489 e. The Morgan fingerprint density at radius 2 is 2.24 bits per heavy atom. The highest BCUT2D eigenvalue weighted by molar-refractivity contribution is 6.00. The summed E-state index contributed by atoms with van der Waals surface area (Å²) in [6.45, 7) is 3.57. The quantitative estimate of drug-likeness (QED) is 0.594. The van der Waals surface area contributed by atoms with Crippen molar-refractivity contribution in [2.24, 2.45) is 0 Å². The summed E-state index contributed by atoms with van der Waals surface area (Å²) in [5.41, 5.74) is 8.11. The molecule has 1 heterocycles. The fourth-order valence-corrected chi connectivity index (χ4v) is 1.75. The standard InChI is InChI=1S/C12H16N2O3/c1-2-16-3-4-17-11-7-10-8(5-9(11)13)6-12(15)14-10/h5,7H,2-4,6,13H2,1H3,(H,14,15). The van der Waals surface area contributed by atoms with Crippen LogP contribution in [0.25, 0.3) is 0 Å². The molecule has 0 unspecified atom stereocenters. The first-order valence-corrected chi connectivity index (χ1v) is 5.63. The fraction of sp³-hybridized carbons (Fsp3) is 0.417. The van der Waals surface area contributed by atoms with Gasteiger partial charge < -0.3 is 20.5 Å². The second kappa shape index (κ2) is 5.05. The van der Waals surface area contributed by atoms with Crippen molar-refractivity contribution < 1.29 is 14.3 Å². The minimum atomic E-state index is -0.00846. The van der Waals surface area contributed by atoms with Crippen LogP contribution in [0.5, 0.6) is 5.75 Å². The van der Waals surface area contributed by atoms with Crippen molar-refractivity contribution in [3.05, 3.63) is 17.7 Å². The molecule has 0 atom stereocenters. The number of nitrogen functional groups attached to an aromatic ring is 1. The molecule has 0 aliphatic carbocycles. The summed E-state index contributed by atoms with van der Waals surface area (Å²) in [4.78, 5) is 11.2. The maximum atomic E-state index is 11.2. The van der Waals surface area contributed by atoms with Crippen LogP contribution in [0.1, 0.15) is 12.5 Å². The van der Waals surface area contributed by atoms with Crippen LogP contribution in [0.4, 0.5) is 11.4 Å². The second-order valence-electron chi connectivity index (χ2n) is 3.82. The Morgan fingerprint density at radius 3 is 3.00 bits per heavy atom. The van der Waals surface area contributed by atoms with Gasteiger partial charge in [0.2, 0.25) is 5.91 Å². The van der Waals surface area contributed by atoms with E-state index in [0.29, 0.717) is 37.7 Å². The lowest BCUT2D eigenvalue weighted by Gasteiger charge is -2.10. The van der Waals surface area contributed by atoms with Crippen molar-refractivity contribution in [1.82, 2.24) is 0 Å². The van der Waals surface area contributed by atoms with E-state index in [2.05, 4.69) is 5.32 Å². The topological polar surface area (TPSA) is 73.6 Å². The third-order valence-electron chi connectivity index (χ3n) is 2.55. The van der Waals surface area contributed by atoms with Crippen LogP contribution in [0.15, 0.2) is 12.1 Å². The predicted molar refractivity (Wildman–Crippen MR) is 65.2 cm³/mol. The van der Waals surface area contributed by atoms with Crippen LogP contribution < -0.4 is 15.8 Å². The normalized spacial score (nSPS) is 13.4. The van der Waals surface area contributed by atoms with Gasteiger partial charge in [-0.1, -0.05) is 0 Å². The van der Waals surface area contributed by atoms with Crippen molar-refractivity contribution in [3.8, 4) is 5.75 Å². The third kappa shape index (κ3) is 2.68.